The number of rotatable bonds is 3. The van der Waals surface area contributed by atoms with Gasteiger partial charge in [0.15, 0.2) is 0 Å². The fraction of sp³-hybridized carbons (Fsp3) is 0.400. The van der Waals surface area contributed by atoms with Crippen LogP contribution in [-0.2, 0) is 0 Å². The lowest BCUT2D eigenvalue weighted by Gasteiger charge is -2.34. The summed E-state index contributed by atoms with van der Waals surface area (Å²) in [6.45, 7) is 3.77. The molecule has 0 bridgehead atoms. The fourth-order valence-corrected chi connectivity index (χ4v) is 4.00. The molecular weight excluding hydrogens is 366 g/mol. The summed E-state index contributed by atoms with van der Waals surface area (Å²) in [5.41, 5.74) is 2.56. The molecule has 1 aliphatic heterocycles. The summed E-state index contributed by atoms with van der Waals surface area (Å²) >= 11 is 10.6. The van der Waals surface area contributed by atoms with Crippen molar-refractivity contribution in [1.29, 1.82) is 0 Å². The van der Waals surface area contributed by atoms with E-state index in [4.69, 9.17) is 11.6 Å². The van der Waals surface area contributed by atoms with Crippen LogP contribution in [0.2, 0.25) is 5.02 Å². The van der Waals surface area contributed by atoms with Crippen LogP contribution >= 0.6 is 24.2 Å². The van der Waals surface area contributed by atoms with Gasteiger partial charge in [0.2, 0.25) is 0 Å². The molecule has 1 aromatic carbocycles. The predicted molar refractivity (Wildman–Crippen MR) is 109 cm³/mol. The quantitative estimate of drug-likeness (QED) is 0.731. The van der Waals surface area contributed by atoms with Gasteiger partial charge in [-0.2, -0.15) is 0 Å². The van der Waals surface area contributed by atoms with Gasteiger partial charge >= 0.3 is 0 Å². The van der Waals surface area contributed by atoms with Gasteiger partial charge in [0, 0.05) is 23.7 Å². The molecule has 1 aromatic heterocycles. The number of piperidine rings is 1. The van der Waals surface area contributed by atoms with E-state index in [-0.39, 0.29) is 5.91 Å². The standard InChI is InChI=1S/C20H22ClN3OS/c1-13-17(21)12-16(19(25)23-14-3-2-4-15(26)11-14)18(22-13)24-9-7-20(5-6-20)8-10-24/h2-4,11-12,26H,5-10H2,1H3,(H,23,25). The second-order valence-corrected chi connectivity index (χ2v) is 8.34. The number of pyridine rings is 1. The van der Waals surface area contributed by atoms with Crippen LogP contribution in [0, 0.1) is 12.3 Å². The Morgan fingerprint density at radius 3 is 2.62 bits per heavy atom. The Balaban J connectivity index is 1.61. The molecule has 136 valence electrons. The summed E-state index contributed by atoms with van der Waals surface area (Å²) in [6.07, 6.45) is 5.06. The van der Waals surface area contributed by atoms with E-state index < -0.39 is 0 Å². The van der Waals surface area contributed by atoms with Gasteiger partial charge in [0.1, 0.15) is 5.82 Å². The highest BCUT2D eigenvalue weighted by atomic mass is 35.5. The molecule has 1 aliphatic carbocycles. The largest absolute Gasteiger partial charge is 0.356 e. The van der Waals surface area contributed by atoms with E-state index in [0.717, 1.165) is 29.5 Å². The highest BCUT2D eigenvalue weighted by Gasteiger charge is 2.44. The summed E-state index contributed by atoms with van der Waals surface area (Å²) in [4.78, 5) is 20.6. The third-order valence-electron chi connectivity index (χ3n) is 5.56. The first kappa shape index (κ1) is 17.7. The minimum atomic E-state index is -0.194. The number of hydrogen-bond acceptors (Lipinski definition) is 4. The molecule has 0 unspecified atom stereocenters. The number of carbonyl (C=O) groups is 1. The SMILES string of the molecule is Cc1nc(N2CCC3(CC2)CC3)c(C(=O)Nc2cccc(S)c2)cc1Cl. The molecule has 0 atom stereocenters. The number of aromatic nitrogens is 1. The van der Waals surface area contributed by atoms with Gasteiger partial charge in [-0.15, -0.1) is 12.6 Å². The van der Waals surface area contributed by atoms with Crippen molar-refractivity contribution in [2.24, 2.45) is 5.41 Å². The molecule has 1 amide bonds. The first-order chi connectivity index (χ1) is 12.5. The van der Waals surface area contributed by atoms with Crippen molar-refractivity contribution in [3.8, 4) is 0 Å². The molecule has 2 aliphatic rings. The normalized spacial score (nSPS) is 18.0. The van der Waals surface area contributed by atoms with Crippen LogP contribution in [-0.4, -0.2) is 24.0 Å². The van der Waals surface area contributed by atoms with E-state index in [2.05, 4.69) is 27.8 Å². The minimum Gasteiger partial charge on any atom is -0.356 e. The lowest BCUT2D eigenvalue weighted by atomic mass is 9.93. The number of thiol groups is 1. The number of carbonyl (C=O) groups excluding carboxylic acids is 1. The predicted octanol–water partition coefficient (Wildman–Crippen LogP) is 4.96. The van der Waals surface area contributed by atoms with E-state index in [0.29, 0.717) is 21.7 Å². The lowest BCUT2D eigenvalue weighted by Crippen LogP contribution is -2.36. The van der Waals surface area contributed by atoms with Gasteiger partial charge in [0.05, 0.1) is 16.3 Å². The van der Waals surface area contributed by atoms with Crippen LogP contribution in [0.25, 0.3) is 0 Å². The molecule has 6 heteroatoms. The second kappa shape index (κ2) is 6.78. The number of anilines is 2. The van der Waals surface area contributed by atoms with Gasteiger partial charge < -0.3 is 10.2 Å². The van der Waals surface area contributed by atoms with Crippen LogP contribution in [0.3, 0.4) is 0 Å². The average Bonchev–Trinajstić information content (AvgIpc) is 3.37. The Hall–Kier alpha value is -1.72. The third-order valence-corrected chi connectivity index (χ3v) is 6.22. The average molecular weight is 388 g/mol. The van der Waals surface area contributed by atoms with Crippen molar-refractivity contribution in [3.05, 3.63) is 46.6 Å². The molecule has 26 heavy (non-hydrogen) atoms. The zero-order valence-electron chi connectivity index (χ0n) is 14.8. The van der Waals surface area contributed by atoms with E-state index in [1.54, 1.807) is 6.07 Å². The summed E-state index contributed by atoms with van der Waals surface area (Å²) < 4.78 is 0. The number of nitrogens with zero attached hydrogens (tertiary/aromatic N) is 2. The van der Waals surface area contributed by atoms with E-state index in [1.807, 2.05) is 31.2 Å². The van der Waals surface area contributed by atoms with Gasteiger partial charge in [-0.3, -0.25) is 4.79 Å². The van der Waals surface area contributed by atoms with Gasteiger partial charge in [-0.1, -0.05) is 17.7 Å². The molecule has 0 radical (unpaired) electrons. The van der Waals surface area contributed by atoms with E-state index >= 15 is 0 Å². The monoisotopic (exact) mass is 387 g/mol. The topological polar surface area (TPSA) is 45.2 Å². The smallest absolute Gasteiger partial charge is 0.259 e. The summed E-state index contributed by atoms with van der Waals surface area (Å²) in [5.74, 6) is 0.543. The minimum absolute atomic E-state index is 0.194. The van der Waals surface area contributed by atoms with Crippen LogP contribution in [0.5, 0.6) is 0 Å². The molecule has 4 nitrogen and oxygen atoms in total. The Morgan fingerprint density at radius 1 is 1.23 bits per heavy atom. The maximum atomic E-state index is 12.9. The molecular formula is C20H22ClN3OS. The van der Waals surface area contributed by atoms with Crippen molar-refractivity contribution in [3.63, 3.8) is 0 Å². The number of amides is 1. The number of hydrogen-bond donors (Lipinski definition) is 2. The maximum absolute atomic E-state index is 12.9. The molecule has 2 fully saturated rings. The van der Waals surface area contributed by atoms with Crippen molar-refractivity contribution in [2.45, 2.75) is 37.5 Å². The van der Waals surface area contributed by atoms with Crippen LogP contribution in [0.15, 0.2) is 35.2 Å². The summed E-state index contributed by atoms with van der Waals surface area (Å²) in [7, 11) is 0. The zero-order chi connectivity index (χ0) is 18.3. The van der Waals surface area contributed by atoms with Crippen LogP contribution in [0.1, 0.15) is 41.7 Å². The summed E-state index contributed by atoms with van der Waals surface area (Å²) in [5, 5.41) is 3.45. The van der Waals surface area contributed by atoms with Crippen molar-refractivity contribution in [2.75, 3.05) is 23.3 Å². The number of nitrogens with one attached hydrogen (secondary N) is 1. The third kappa shape index (κ3) is 3.55. The number of halogens is 1. The summed E-state index contributed by atoms with van der Waals surface area (Å²) in [6, 6.07) is 9.13. The molecule has 4 rings (SSSR count). The first-order valence-corrected chi connectivity index (χ1v) is 9.81. The number of aryl methyl sites for hydroxylation is 1. The van der Waals surface area contributed by atoms with E-state index in [1.165, 1.54) is 25.7 Å². The Bertz CT molecular complexity index is 856. The van der Waals surface area contributed by atoms with Gasteiger partial charge in [-0.25, -0.2) is 4.98 Å². The highest BCUT2D eigenvalue weighted by Crippen LogP contribution is 2.54. The van der Waals surface area contributed by atoms with E-state index in [9.17, 15) is 4.79 Å². The maximum Gasteiger partial charge on any atom is 0.259 e. The molecule has 1 saturated heterocycles. The van der Waals surface area contributed by atoms with Gasteiger partial charge in [-0.05, 0) is 62.3 Å². The molecule has 1 spiro atoms. The van der Waals surface area contributed by atoms with Crippen molar-refractivity contribution >= 4 is 41.6 Å². The fourth-order valence-electron chi connectivity index (χ4n) is 3.63. The second-order valence-electron chi connectivity index (χ2n) is 7.42. The zero-order valence-corrected chi connectivity index (χ0v) is 16.4. The van der Waals surface area contributed by atoms with Crippen molar-refractivity contribution < 1.29 is 4.79 Å². The molecule has 1 N–H and O–H groups in total. The van der Waals surface area contributed by atoms with Gasteiger partial charge in [0.25, 0.3) is 5.91 Å². The Morgan fingerprint density at radius 2 is 1.96 bits per heavy atom. The first-order valence-electron chi connectivity index (χ1n) is 8.98. The van der Waals surface area contributed by atoms with Crippen molar-refractivity contribution in [1.82, 2.24) is 4.98 Å². The van der Waals surface area contributed by atoms with Crippen LogP contribution < -0.4 is 10.2 Å². The van der Waals surface area contributed by atoms with Crippen LogP contribution in [0.4, 0.5) is 11.5 Å². The molecule has 2 aromatic rings. The molecule has 1 saturated carbocycles. The Labute approximate surface area is 164 Å². The Kier molecular flexibility index (Phi) is 4.61. The molecule has 2 heterocycles. The lowest BCUT2D eigenvalue weighted by molar-refractivity contribution is 0.102. The number of benzene rings is 1. The highest BCUT2D eigenvalue weighted by molar-refractivity contribution is 7.80.